The van der Waals surface area contributed by atoms with Gasteiger partial charge in [0.15, 0.2) is 11.5 Å². The van der Waals surface area contributed by atoms with E-state index in [0.717, 1.165) is 5.56 Å². The lowest BCUT2D eigenvalue weighted by Gasteiger charge is -2.12. The Morgan fingerprint density at radius 1 is 1.29 bits per heavy atom. The maximum absolute atomic E-state index is 12.3. The van der Waals surface area contributed by atoms with Crippen LogP contribution >= 0.6 is 27.5 Å². The van der Waals surface area contributed by atoms with Crippen LogP contribution in [0.2, 0.25) is 5.02 Å². The van der Waals surface area contributed by atoms with E-state index in [9.17, 15) is 4.79 Å². The standard InChI is InChI=1S/C18H15BrClNO3/c1-3-8-24-17-9-12(4-7-16(17)23-2)11-21-18(22)14-10-13(20)5-6-15(14)19/h1,4-7,9-10H,8,11H2,2H3,(H,21,22). The molecule has 0 heterocycles. The van der Waals surface area contributed by atoms with Crippen LogP contribution in [0.1, 0.15) is 15.9 Å². The smallest absolute Gasteiger partial charge is 0.252 e. The monoisotopic (exact) mass is 407 g/mol. The number of carbonyl (C=O) groups is 1. The Bertz CT molecular complexity index is 786. The van der Waals surface area contributed by atoms with Gasteiger partial charge in [0.25, 0.3) is 5.91 Å². The van der Waals surface area contributed by atoms with E-state index in [1.165, 1.54) is 0 Å². The third-order valence-corrected chi connectivity index (χ3v) is 4.09. The number of carbonyl (C=O) groups excluding carboxylic acids is 1. The number of rotatable bonds is 6. The number of amides is 1. The van der Waals surface area contributed by atoms with Crippen molar-refractivity contribution >= 4 is 33.4 Å². The maximum atomic E-state index is 12.3. The first-order valence-electron chi connectivity index (χ1n) is 7.01. The van der Waals surface area contributed by atoms with Crippen molar-refractivity contribution in [3.8, 4) is 23.8 Å². The fourth-order valence-electron chi connectivity index (χ4n) is 2.01. The number of ether oxygens (including phenoxy) is 2. The molecule has 2 aromatic rings. The molecule has 0 bridgehead atoms. The third kappa shape index (κ3) is 4.67. The summed E-state index contributed by atoms with van der Waals surface area (Å²) >= 11 is 9.27. The van der Waals surface area contributed by atoms with Gasteiger partial charge in [-0.1, -0.05) is 23.6 Å². The summed E-state index contributed by atoms with van der Waals surface area (Å²) in [7, 11) is 1.55. The van der Waals surface area contributed by atoms with Crippen LogP contribution in [0.4, 0.5) is 0 Å². The van der Waals surface area contributed by atoms with E-state index in [2.05, 4.69) is 27.2 Å². The number of hydrogen-bond acceptors (Lipinski definition) is 3. The number of terminal acetylenes is 1. The normalized spacial score (nSPS) is 9.92. The Balaban J connectivity index is 2.10. The van der Waals surface area contributed by atoms with Crippen LogP contribution in [0, 0.1) is 12.3 Å². The number of hydrogen-bond donors (Lipinski definition) is 1. The van der Waals surface area contributed by atoms with Gasteiger partial charge in [-0.2, -0.15) is 0 Å². The summed E-state index contributed by atoms with van der Waals surface area (Å²) in [5.74, 6) is 3.29. The van der Waals surface area contributed by atoms with Crippen molar-refractivity contribution in [1.82, 2.24) is 5.32 Å². The summed E-state index contributed by atoms with van der Waals surface area (Å²) in [6.07, 6.45) is 5.21. The summed E-state index contributed by atoms with van der Waals surface area (Å²) in [6, 6.07) is 10.4. The van der Waals surface area contributed by atoms with Gasteiger partial charge in [-0.05, 0) is 51.8 Å². The highest BCUT2D eigenvalue weighted by molar-refractivity contribution is 9.10. The summed E-state index contributed by atoms with van der Waals surface area (Å²) < 4.78 is 11.3. The molecule has 1 amide bonds. The predicted octanol–water partition coefficient (Wildman–Crippen LogP) is 4.05. The molecule has 24 heavy (non-hydrogen) atoms. The molecule has 2 aromatic carbocycles. The zero-order valence-electron chi connectivity index (χ0n) is 12.9. The molecule has 1 N–H and O–H groups in total. The van der Waals surface area contributed by atoms with Gasteiger partial charge >= 0.3 is 0 Å². The molecule has 4 nitrogen and oxygen atoms in total. The van der Waals surface area contributed by atoms with E-state index in [0.29, 0.717) is 33.1 Å². The van der Waals surface area contributed by atoms with Gasteiger partial charge in [0.05, 0.1) is 12.7 Å². The van der Waals surface area contributed by atoms with Crippen molar-refractivity contribution in [1.29, 1.82) is 0 Å². The summed E-state index contributed by atoms with van der Waals surface area (Å²) in [5, 5.41) is 3.34. The maximum Gasteiger partial charge on any atom is 0.252 e. The van der Waals surface area contributed by atoms with Gasteiger partial charge in [-0.15, -0.1) is 6.42 Å². The molecule has 0 radical (unpaired) electrons. The number of benzene rings is 2. The van der Waals surface area contributed by atoms with Gasteiger partial charge in [-0.25, -0.2) is 0 Å². The van der Waals surface area contributed by atoms with Gasteiger partial charge in [-0.3, -0.25) is 4.79 Å². The van der Waals surface area contributed by atoms with Crippen LogP contribution in [0.3, 0.4) is 0 Å². The summed E-state index contributed by atoms with van der Waals surface area (Å²) in [5.41, 5.74) is 1.33. The minimum atomic E-state index is -0.230. The first kappa shape index (κ1) is 18.2. The van der Waals surface area contributed by atoms with Gasteiger partial charge in [0, 0.05) is 16.0 Å². The molecule has 0 spiro atoms. The molecule has 0 saturated heterocycles. The topological polar surface area (TPSA) is 47.6 Å². The molecule has 0 saturated carbocycles. The Morgan fingerprint density at radius 2 is 2.08 bits per heavy atom. The molecule has 6 heteroatoms. The highest BCUT2D eigenvalue weighted by Gasteiger charge is 2.11. The molecular formula is C18H15BrClNO3. The third-order valence-electron chi connectivity index (χ3n) is 3.17. The number of nitrogens with one attached hydrogen (secondary N) is 1. The first-order valence-corrected chi connectivity index (χ1v) is 8.18. The van der Waals surface area contributed by atoms with Crippen molar-refractivity contribution in [2.75, 3.05) is 13.7 Å². The second-order valence-electron chi connectivity index (χ2n) is 4.78. The Hall–Kier alpha value is -2.16. The SMILES string of the molecule is C#CCOc1cc(CNC(=O)c2cc(Cl)ccc2Br)ccc1OC. The van der Waals surface area contributed by atoms with Crippen LogP contribution in [0.15, 0.2) is 40.9 Å². The first-order chi connectivity index (χ1) is 11.5. The average Bonchev–Trinajstić information content (AvgIpc) is 2.59. The molecule has 0 unspecified atom stereocenters. The molecular weight excluding hydrogens is 394 g/mol. The molecule has 0 atom stereocenters. The molecule has 124 valence electrons. The Labute approximate surface area is 154 Å². The molecule has 0 aliphatic heterocycles. The lowest BCUT2D eigenvalue weighted by Crippen LogP contribution is -2.23. The number of halogens is 2. The van der Waals surface area contributed by atoms with Crippen LogP contribution in [0.5, 0.6) is 11.5 Å². The van der Waals surface area contributed by atoms with Crippen molar-refractivity contribution in [3.05, 3.63) is 57.0 Å². The van der Waals surface area contributed by atoms with E-state index >= 15 is 0 Å². The zero-order chi connectivity index (χ0) is 17.5. The minimum absolute atomic E-state index is 0.141. The van der Waals surface area contributed by atoms with E-state index in [4.69, 9.17) is 27.5 Å². The van der Waals surface area contributed by atoms with Crippen molar-refractivity contribution < 1.29 is 14.3 Å². The fraction of sp³-hybridized carbons (Fsp3) is 0.167. The van der Waals surface area contributed by atoms with E-state index < -0.39 is 0 Å². The van der Waals surface area contributed by atoms with E-state index in [1.807, 2.05) is 6.07 Å². The minimum Gasteiger partial charge on any atom is -0.493 e. The van der Waals surface area contributed by atoms with Gasteiger partial charge in [0.1, 0.15) is 6.61 Å². The average molecular weight is 409 g/mol. The quantitative estimate of drug-likeness (QED) is 0.734. The molecule has 0 aliphatic carbocycles. The van der Waals surface area contributed by atoms with E-state index in [-0.39, 0.29) is 12.5 Å². The van der Waals surface area contributed by atoms with Crippen LogP contribution in [-0.4, -0.2) is 19.6 Å². The summed E-state index contributed by atoms with van der Waals surface area (Å²) in [6.45, 7) is 0.468. The Kier molecular flexibility index (Phi) is 6.53. The molecule has 0 aliphatic rings. The van der Waals surface area contributed by atoms with Crippen molar-refractivity contribution in [3.63, 3.8) is 0 Å². The lowest BCUT2D eigenvalue weighted by molar-refractivity contribution is 0.0950. The zero-order valence-corrected chi connectivity index (χ0v) is 15.3. The van der Waals surface area contributed by atoms with Crippen molar-refractivity contribution in [2.24, 2.45) is 0 Å². The molecule has 0 fully saturated rings. The fourth-order valence-corrected chi connectivity index (χ4v) is 2.61. The van der Waals surface area contributed by atoms with E-state index in [1.54, 1.807) is 37.4 Å². The highest BCUT2D eigenvalue weighted by atomic mass is 79.9. The van der Waals surface area contributed by atoms with Crippen LogP contribution in [0.25, 0.3) is 0 Å². The van der Waals surface area contributed by atoms with Crippen molar-refractivity contribution in [2.45, 2.75) is 6.54 Å². The van der Waals surface area contributed by atoms with Gasteiger partial charge in [0.2, 0.25) is 0 Å². The second kappa shape index (κ2) is 8.62. The summed E-state index contributed by atoms with van der Waals surface area (Å²) in [4.78, 5) is 12.3. The Morgan fingerprint density at radius 3 is 2.79 bits per heavy atom. The largest absolute Gasteiger partial charge is 0.493 e. The predicted molar refractivity (Wildman–Crippen MR) is 97.6 cm³/mol. The molecule has 2 rings (SSSR count). The highest BCUT2D eigenvalue weighted by Crippen LogP contribution is 2.28. The lowest BCUT2D eigenvalue weighted by atomic mass is 10.1. The van der Waals surface area contributed by atoms with Gasteiger partial charge < -0.3 is 14.8 Å². The van der Waals surface area contributed by atoms with Crippen LogP contribution in [-0.2, 0) is 6.54 Å². The number of methoxy groups -OCH3 is 1. The molecule has 0 aromatic heterocycles. The second-order valence-corrected chi connectivity index (χ2v) is 6.08. The van der Waals surface area contributed by atoms with Crippen LogP contribution < -0.4 is 14.8 Å².